The minimum absolute atomic E-state index is 0.132. The van der Waals surface area contributed by atoms with Gasteiger partial charge in [-0.15, -0.1) is 0 Å². The molecule has 1 N–H and O–H groups in total. The molecule has 1 aromatic rings. The number of benzene rings is 1. The van der Waals surface area contributed by atoms with Crippen LogP contribution >= 0.6 is 0 Å². The van der Waals surface area contributed by atoms with Crippen LogP contribution in [0, 0.1) is 11.7 Å². The Morgan fingerprint density at radius 1 is 1.09 bits per heavy atom. The van der Waals surface area contributed by atoms with Crippen molar-refractivity contribution in [2.24, 2.45) is 5.92 Å². The molecule has 126 valence electrons. The van der Waals surface area contributed by atoms with Crippen molar-refractivity contribution in [3.63, 3.8) is 0 Å². The molecule has 1 aliphatic rings. The van der Waals surface area contributed by atoms with Crippen molar-refractivity contribution in [3.8, 4) is 0 Å². The maximum atomic E-state index is 12.9. The lowest BCUT2D eigenvalue weighted by molar-refractivity contribution is -0.137. The number of hydrogen-bond acceptors (Lipinski definition) is 2. The molecule has 0 saturated carbocycles. The van der Waals surface area contributed by atoms with E-state index in [-0.39, 0.29) is 18.1 Å². The van der Waals surface area contributed by atoms with Crippen molar-refractivity contribution in [2.45, 2.75) is 44.9 Å². The third-order valence-electron chi connectivity index (χ3n) is 4.44. The van der Waals surface area contributed by atoms with Crippen molar-refractivity contribution in [3.05, 3.63) is 35.6 Å². The summed E-state index contributed by atoms with van der Waals surface area (Å²) < 4.78 is 12.9. The van der Waals surface area contributed by atoms with E-state index in [1.807, 2.05) is 17.0 Å². The average Bonchev–Trinajstić information content (AvgIpc) is 2.54. The molecule has 1 aliphatic heterocycles. The van der Waals surface area contributed by atoms with Gasteiger partial charge in [-0.05, 0) is 55.7 Å². The summed E-state index contributed by atoms with van der Waals surface area (Å²) in [6, 6.07) is 6.64. The smallest absolute Gasteiger partial charge is 0.303 e. The van der Waals surface area contributed by atoms with Gasteiger partial charge in [-0.2, -0.15) is 0 Å². The Balaban J connectivity index is 1.67. The van der Waals surface area contributed by atoms with Crippen LogP contribution in [0.5, 0.6) is 0 Å². The predicted molar refractivity (Wildman–Crippen MR) is 85.5 cm³/mol. The standard InChI is InChI=1S/C18H24FNO3/c19-16-7-5-14(6-8-16)13-15-9-11-20(12-10-15)17(21)3-1-2-4-18(22)23/h5-8,15H,1-4,9-13H2,(H,22,23). The topological polar surface area (TPSA) is 57.6 Å². The molecule has 0 radical (unpaired) electrons. The molecule has 1 saturated heterocycles. The lowest BCUT2D eigenvalue weighted by atomic mass is 9.90. The van der Waals surface area contributed by atoms with Crippen molar-refractivity contribution < 1.29 is 19.1 Å². The summed E-state index contributed by atoms with van der Waals surface area (Å²) in [7, 11) is 0. The first kappa shape index (κ1) is 17.4. The van der Waals surface area contributed by atoms with E-state index in [4.69, 9.17) is 5.11 Å². The molecular weight excluding hydrogens is 297 g/mol. The van der Waals surface area contributed by atoms with Crippen LogP contribution in [0.2, 0.25) is 0 Å². The molecule has 0 spiro atoms. The highest BCUT2D eigenvalue weighted by atomic mass is 19.1. The van der Waals surface area contributed by atoms with Gasteiger partial charge in [-0.3, -0.25) is 9.59 Å². The molecule has 1 amide bonds. The fourth-order valence-corrected chi connectivity index (χ4v) is 3.05. The summed E-state index contributed by atoms with van der Waals surface area (Å²) in [6.07, 6.45) is 4.64. The van der Waals surface area contributed by atoms with E-state index < -0.39 is 5.97 Å². The summed E-state index contributed by atoms with van der Waals surface area (Å²) in [5, 5.41) is 8.58. The van der Waals surface area contributed by atoms with Crippen molar-refractivity contribution in [1.82, 2.24) is 4.90 Å². The van der Waals surface area contributed by atoms with Crippen molar-refractivity contribution >= 4 is 11.9 Å². The van der Waals surface area contributed by atoms with Gasteiger partial charge in [0.15, 0.2) is 0 Å². The van der Waals surface area contributed by atoms with E-state index in [1.54, 1.807) is 0 Å². The molecule has 1 aromatic carbocycles. The number of hydrogen-bond donors (Lipinski definition) is 1. The second-order valence-corrected chi connectivity index (χ2v) is 6.26. The molecule has 2 rings (SSSR count). The zero-order chi connectivity index (χ0) is 16.7. The molecule has 0 unspecified atom stereocenters. The Hall–Kier alpha value is -1.91. The fraction of sp³-hybridized carbons (Fsp3) is 0.556. The Morgan fingerprint density at radius 3 is 2.30 bits per heavy atom. The monoisotopic (exact) mass is 321 g/mol. The number of aliphatic carboxylic acids is 1. The highest BCUT2D eigenvalue weighted by Crippen LogP contribution is 2.22. The maximum absolute atomic E-state index is 12.9. The van der Waals surface area contributed by atoms with Crippen LogP contribution in [0.15, 0.2) is 24.3 Å². The quantitative estimate of drug-likeness (QED) is 0.784. The van der Waals surface area contributed by atoms with Gasteiger partial charge >= 0.3 is 5.97 Å². The van der Waals surface area contributed by atoms with Gasteiger partial charge in [0.05, 0.1) is 0 Å². The Kier molecular flexibility index (Phi) is 6.56. The largest absolute Gasteiger partial charge is 0.481 e. The van der Waals surface area contributed by atoms with Gasteiger partial charge in [-0.1, -0.05) is 12.1 Å². The molecule has 0 aliphatic carbocycles. The van der Waals surface area contributed by atoms with Crippen molar-refractivity contribution in [1.29, 1.82) is 0 Å². The summed E-state index contributed by atoms with van der Waals surface area (Å²) in [6.45, 7) is 1.53. The molecule has 5 heteroatoms. The second-order valence-electron chi connectivity index (χ2n) is 6.26. The van der Waals surface area contributed by atoms with Crippen LogP contribution in [0.3, 0.4) is 0 Å². The molecule has 1 fully saturated rings. The number of carboxylic acid groups (broad SMARTS) is 1. The van der Waals surface area contributed by atoms with Crippen LogP contribution in [0.1, 0.15) is 44.1 Å². The van der Waals surface area contributed by atoms with E-state index in [0.29, 0.717) is 25.2 Å². The van der Waals surface area contributed by atoms with Gasteiger partial charge < -0.3 is 10.0 Å². The van der Waals surface area contributed by atoms with Crippen LogP contribution in [-0.4, -0.2) is 35.0 Å². The first-order valence-electron chi connectivity index (χ1n) is 8.28. The van der Waals surface area contributed by atoms with Gasteiger partial charge in [0.2, 0.25) is 5.91 Å². The van der Waals surface area contributed by atoms with Crippen LogP contribution < -0.4 is 0 Å². The minimum Gasteiger partial charge on any atom is -0.481 e. The number of nitrogens with zero attached hydrogens (tertiary/aromatic N) is 1. The first-order chi connectivity index (χ1) is 11.0. The number of piperidine rings is 1. The van der Waals surface area contributed by atoms with E-state index in [2.05, 4.69) is 0 Å². The Morgan fingerprint density at radius 2 is 1.70 bits per heavy atom. The summed E-state index contributed by atoms with van der Waals surface area (Å²) >= 11 is 0. The normalized spacial score (nSPS) is 15.6. The molecule has 0 atom stereocenters. The van der Waals surface area contributed by atoms with Crippen LogP contribution in [0.25, 0.3) is 0 Å². The lowest BCUT2D eigenvalue weighted by Crippen LogP contribution is -2.38. The van der Waals surface area contributed by atoms with Gasteiger partial charge in [0.1, 0.15) is 5.82 Å². The Labute approximate surface area is 136 Å². The third kappa shape index (κ3) is 6.00. The molecular formula is C18H24FNO3. The average molecular weight is 321 g/mol. The molecule has 0 bridgehead atoms. The summed E-state index contributed by atoms with van der Waals surface area (Å²) in [4.78, 5) is 24.4. The van der Waals surface area contributed by atoms with E-state index in [9.17, 15) is 14.0 Å². The molecule has 23 heavy (non-hydrogen) atoms. The van der Waals surface area contributed by atoms with Crippen LogP contribution in [0.4, 0.5) is 4.39 Å². The summed E-state index contributed by atoms with van der Waals surface area (Å²) in [5.41, 5.74) is 1.14. The highest BCUT2D eigenvalue weighted by molar-refractivity contribution is 5.76. The van der Waals surface area contributed by atoms with E-state index in [1.165, 1.54) is 12.1 Å². The van der Waals surface area contributed by atoms with E-state index in [0.717, 1.165) is 37.9 Å². The number of carboxylic acids is 1. The van der Waals surface area contributed by atoms with Gasteiger partial charge in [-0.25, -0.2) is 4.39 Å². The molecule has 0 aromatic heterocycles. The zero-order valence-corrected chi connectivity index (χ0v) is 13.3. The number of halogens is 1. The number of amides is 1. The number of rotatable bonds is 7. The SMILES string of the molecule is O=C(O)CCCCC(=O)N1CCC(Cc2ccc(F)cc2)CC1. The Bertz CT molecular complexity index is 522. The summed E-state index contributed by atoms with van der Waals surface area (Å²) in [5.74, 6) is -0.344. The zero-order valence-electron chi connectivity index (χ0n) is 13.3. The van der Waals surface area contributed by atoms with Crippen molar-refractivity contribution in [2.75, 3.05) is 13.1 Å². The third-order valence-corrected chi connectivity index (χ3v) is 4.44. The first-order valence-corrected chi connectivity index (χ1v) is 8.28. The number of carbonyl (C=O) groups excluding carboxylic acids is 1. The predicted octanol–water partition coefficient (Wildman–Crippen LogP) is 3.25. The molecule has 4 nitrogen and oxygen atoms in total. The second kappa shape index (κ2) is 8.65. The number of likely N-dealkylation sites (tertiary alicyclic amines) is 1. The van der Waals surface area contributed by atoms with Gasteiger partial charge in [0, 0.05) is 25.9 Å². The number of unbranched alkanes of at least 4 members (excludes halogenated alkanes) is 1. The highest BCUT2D eigenvalue weighted by Gasteiger charge is 2.22. The van der Waals surface area contributed by atoms with Gasteiger partial charge in [0.25, 0.3) is 0 Å². The minimum atomic E-state index is -0.806. The number of carbonyl (C=O) groups is 2. The maximum Gasteiger partial charge on any atom is 0.303 e. The van der Waals surface area contributed by atoms with Crippen LogP contribution in [-0.2, 0) is 16.0 Å². The molecule has 1 heterocycles. The van der Waals surface area contributed by atoms with E-state index >= 15 is 0 Å². The lowest BCUT2D eigenvalue weighted by Gasteiger charge is -2.32. The fourth-order valence-electron chi connectivity index (χ4n) is 3.05.